The lowest BCUT2D eigenvalue weighted by Gasteiger charge is -2.13. The molecule has 2 aromatic rings. The van der Waals surface area contributed by atoms with Crippen molar-refractivity contribution in [3.63, 3.8) is 0 Å². The molecule has 1 N–H and O–H groups in total. The van der Waals surface area contributed by atoms with Gasteiger partial charge in [0, 0.05) is 23.6 Å². The summed E-state index contributed by atoms with van der Waals surface area (Å²) >= 11 is 1.69. The van der Waals surface area contributed by atoms with Gasteiger partial charge in [-0.3, -0.25) is 0 Å². The SMILES string of the molecule is CC(C)(C)c1nc(Cn2cc(CCCO)nn2)cs1. The third-order valence-corrected chi connectivity index (χ3v) is 4.01. The molecule has 0 aliphatic heterocycles. The minimum Gasteiger partial charge on any atom is -0.396 e. The standard InChI is InChI=1S/C13H20N4OS/c1-13(2,3)12-14-11(9-19-12)8-17-7-10(15-16-17)5-4-6-18/h7,9,18H,4-6,8H2,1-3H3. The van der Waals surface area contributed by atoms with Crippen molar-refractivity contribution in [2.45, 2.75) is 45.6 Å². The van der Waals surface area contributed by atoms with Gasteiger partial charge >= 0.3 is 0 Å². The van der Waals surface area contributed by atoms with E-state index in [-0.39, 0.29) is 12.0 Å². The van der Waals surface area contributed by atoms with E-state index in [9.17, 15) is 0 Å². The lowest BCUT2D eigenvalue weighted by Crippen LogP contribution is -2.11. The summed E-state index contributed by atoms with van der Waals surface area (Å²) in [6.45, 7) is 7.33. The van der Waals surface area contributed by atoms with Gasteiger partial charge in [-0.1, -0.05) is 26.0 Å². The Bertz CT molecular complexity index is 527. The summed E-state index contributed by atoms with van der Waals surface area (Å²) in [5.41, 5.74) is 2.03. The molecule has 0 saturated heterocycles. The van der Waals surface area contributed by atoms with Crippen molar-refractivity contribution in [3.05, 3.63) is 28.0 Å². The Morgan fingerprint density at radius 2 is 2.11 bits per heavy atom. The number of hydrogen-bond acceptors (Lipinski definition) is 5. The van der Waals surface area contributed by atoms with Gasteiger partial charge in [0.15, 0.2) is 0 Å². The molecule has 0 spiro atoms. The first-order valence-electron chi connectivity index (χ1n) is 6.44. The highest BCUT2D eigenvalue weighted by Crippen LogP contribution is 2.25. The molecule has 0 unspecified atom stereocenters. The summed E-state index contributed by atoms with van der Waals surface area (Å²) < 4.78 is 1.80. The monoisotopic (exact) mass is 280 g/mol. The zero-order valence-corrected chi connectivity index (χ0v) is 12.4. The molecule has 0 aliphatic carbocycles. The van der Waals surface area contributed by atoms with Crippen LogP contribution in [0.5, 0.6) is 0 Å². The van der Waals surface area contributed by atoms with Crippen molar-refractivity contribution in [3.8, 4) is 0 Å². The van der Waals surface area contributed by atoms with E-state index in [1.807, 2.05) is 6.20 Å². The fourth-order valence-corrected chi connectivity index (χ4v) is 2.58. The Kier molecular flexibility index (Phi) is 4.31. The number of aryl methyl sites for hydroxylation is 1. The number of aliphatic hydroxyl groups excluding tert-OH is 1. The number of thiazole rings is 1. The van der Waals surface area contributed by atoms with Crippen molar-refractivity contribution in [1.82, 2.24) is 20.0 Å². The quantitative estimate of drug-likeness (QED) is 0.910. The minimum absolute atomic E-state index is 0.0948. The maximum absolute atomic E-state index is 8.78. The predicted octanol–water partition coefficient (Wildman–Crippen LogP) is 2.01. The third-order valence-electron chi connectivity index (χ3n) is 2.69. The van der Waals surface area contributed by atoms with Gasteiger partial charge < -0.3 is 5.11 Å². The van der Waals surface area contributed by atoms with Crippen molar-refractivity contribution in [1.29, 1.82) is 0 Å². The number of rotatable bonds is 5. The Balaban J connectivity index is 2.01. The van der Waals surface area contributed by atoms with Crippen LogP contribution in [-0.2, 0) is 18.4 Å². The molecule has 0 saturated carbocycles. The Morgan fingerprint density at radius 3 is 2.74 bits per heavy atom. The first-order valence-corrected chi connectivity index (χ1v) is 7.32. The zero-order valence-electron chi connectivity index (χ0n) is 11.6. The van der Waals surface area contributed by atoms with Gasteiger partial charge in [-0.15, -0.1) is 16.4 Å². The normalized spacial score (nSPS) is 12.0. The van der Waals surface area contributed by atoms with E-state index in [0.717, 1.165) is 29.2 Å². The Hall–Kier alpha value is -1.27. The Morgan fingerprint density at radius 1 is 1.32 bits per heavy atom. The lowest BCUT2D eigenvalue weighted by molar-refractivity contribution is 0.288. The van der Waals surface area contributed by atoms with Crippen LogP contribution in [0.2, 0.25) is 0 Å². The average Bonchev–Trinajstić information content (AvgIpc) is 2.95. The summed E-state index contributed by atoms with van der Waals surface area (Å²) in [4.78, 5) is 4.64. The predicted molar refractivity (Wildman–Crippen MR) is 75.3 cm³/mol. The minimum atomic E-state index is 0.0948. The number of aromatic nitrogens is 4. The van der Waals surface area contributed by atoms with Crippen molar-refractivity contribution in [2.24, 2.45) is 0 Å². The van der Waals surface area contributed by atoms with Gasteiger partial charge in [-0.2, -0.15) is 0 Å². The van der Waals surface area contributed by atoms with Gasteiger partial charge in [0.25, 0.3) is 0 Å². The fraction of sp³-hybridized carbons (Fsp3) is 0.615. The van der Waals surface area contributed by atoms with E-state index >= 15 is 0 Å². The van der Waals surface area contributed by atoms with E-state index in [1.54, 1.807) is 16.0 Å². The van der Waals surface area contributed by atoms with Gasteiger partial charge in [0.2, 0.25) is 0 Å². The first-order chi connectivity index (χ1) is 8.99. The van der Waals surface area contributed by atoms with Crippen LogP contribution in [0.1, 0.15) is 43.6 Å². The molecule has 2 aromatic heterocycles. The fourth-order valence-electron chi connectivity index (χ4n) is 1.68. The van der Waals surface area contributed by atoms with Crippen LogP contribution in [0.15, 0.2) is 11.6 Å². The second-order valence-corrected chi connectivity index (χ2v) is 6.49. The molecule has 0 fully saturated rings. The van der Waals surface area contributed by atoms with E-state index in [2.05, 4.69) is 41.4 Å². The molecule has 0 amide bonds. The summed E-state index contributed by atoms with van der Waals surface area (Å²) in [5.74, 6) is 0. The molecule has 0 atom stereocenters. The largest absolute Gasteiger partial charge is 0.396 e. The van der Waals surface area contributed by atoms with Gasteiger partial charge in [0.1, 0.15) is 0 Å². The zero-order chi connectivity index (χ0) is 13.9. The van der Waals surface area contributed by atoms with Crippen molar-refractivity contribution in [2.75, 3.05) is 6.61 Å². The second kappa shape index (κ2) is 5.79. The molecule has 6 heteroatoms. The highest BCUT2D eigenvalue weighted by molar-refractivity contribution is 7.09. The molecule has 2 heterocycles. The van der Waals surface area contributed by atoms with Crippen LogP contribution in [0, 0.1) is 0 Å². The van der Waals surface area contributed by atoms with Crippen LogP contribution >= 0.6 is 11.3 Å². The maximum Gasteiger partial charge on any atom is 0.0982 e. The van der Waals surface area contributed by atoms with E-state index < -0.39 is 0 Å². The van der Waals surface area contributed by atoms with Gasteiger partial charge in [-0.25, -0.2) is 9.67 Å². The van der Waals surface area contributed by atoms with Crippen LogP contribution in [0.3, 0.4) is 0 Å². The van der Waals surface area contributed by atoms with Crippen molar-refractivity contribution >= 4 is 11.3 Å². The molecule has 104 valence electrons. The molecule has 19 heavy (non-hydrogen) atoms. The molecule has 0 bridgehead atoms. The van der Waals surface area contributed by atoms with E-state index in [1.165, 1.54) is 0 Å². The smallest absolute Gasteiger partial charge is 0.0982 e. The molecular formula is C13H20N4OS. The average molecular weight is 280 g/mol. The molecule has 2 rings (SSSR count). The number of aliphatic hydroxyl groups is 1. The summed E-state index contributed by atoms with van der Waals surface area (Å²) in [6.07, 6.45) is 3.41. The molecule has 0 radical (unpaired) electrons. The Labute approximate surface area is 117 Å². The third kappa shape index (κ3) is 3.84. The molecule has 0 aliphatic rings. The van der Waals surface area contributed by atoms with Crippen LogP contribution < -0.4 is 0 Å². The molecule has 5 nitrogen and oxygen atoms in total. The summed E-state index contributed by atoms with van der Waals surface area (Å²) in [6, 6.07) is 0. The second-order valence-electron chi connectivity index (χ2n) is 5.63. The van der Waals surface area contributed by atoms with Crippen LogP contribution in [0.25, 0.3) is 0 Å². The molecule has 0 aromatic carbocycles. The summed E-state index contributed by atoms with van der Waals surface area (Å²) in [5, 5.41) is 20.2. The van der Waals surface area contributed by atoms with E-state index in [4.69, 9.17) is 5.11 Å². The number of hydrogen-bond donors (Lipinski definition) is 1. The summed E-state index contributed by atoms with van der Waals surface area (Å²) in [7, 11) is 0. The maximum atomic E-state index is 8.78. The van der Waals surface area contributed by atoms with Crippen molar-refractivity contribution < 1.29 is 5.11 Å². The highest BCUT2D eigenvalue weighted by Gasteiger charge is 2.18. The topological polar surface area (TPSA) is 63.8 Å². The van der Waals surface area contributed by atoms with Crippen LogP contribution in [0.4, 0.5) is 0 Å². The molecular weight excluding hydrogens is 260 g/mol. The van der Waals surface area contributed by atoms with Gasteiger partial charge in [-0.05, 0) is 12.8 Å². The lowest BCUT2D eigenvalue weighted by atomic mass is 9.98. The number of nitrogens with zero attached hydrogens (tertiary/aromatic N) is 4. The first kappa shape index (κ1) is 14.1. The highest BCUT2D eigenvalue weighted by atomic mass is 32.1. The van der Waals surface area contributed by atoms with Crippen LogP contribution in [-0.4, -0.2) is 31.7 Å². The van der Waals surface area contributed by atoms with E-state index in [0.29, 0.717) is 6.54 Å². The van der Waals surface area contributed by atoms with Gasteiger partial charge in [0.05, 0.1) is 22.9 Å².